The molecule has 0 bridgehead atoms. The molecule has 0 heterocycles. The Morgan fingerprint density at radius 3 is 2.00 bits per heavy atom. The van der Waals surface area contributed by atoms with Gasteiger partial charge in [0.1, 0.15) is 12.6 Å². The molecular weight excluding hydrogens is 578 g/mol. The lowest BCUT2D eigenvalue weighted by atomic mass is 10.0. The maximum atomic E-state index is 14.1. The smallest absolute Gasteiger partial charge is 0.244 e. The molecule has 0 aliphatic carbocycles. The van der Waals surface area contributed by atoms with E-state index in [0.717, 1.165) is 37.3 Å². The number of rotatable bonds is 11. The number of amides is 2. The highest BCUT2D eigenvalue weighted by atomic mass is 79.9. The number of benzene rings is 3. The van der Waals surface area contributed by atoms with Crippen molar-refractivity contribution in [3.63, 3.8) is 0 Å². The average molecular weight is 615 g/mol. The molecule has 0 saturated carbocycles. The molecule has 1 N–H and O–H groups in total. The van der Waals surface area contributed by atoms with Gasteiger partial charge in [-0.3, -0.25) is 13.9 Å². The molecule has 0 spiro atoms. The van der Waals surface area contributed by atoms with Crippen LogP contribution in [0.5, 0.6) is 0 Å². The summed E-state index contributed by atoms with van der Waals surface area (Å²) in [4.78, 5) is 29.2. The van der Waals surface area contributed by atoms with E-state index in [4.69, 9.17) is 0 Å². The fraction of sp³-hybridized carbons (Fsp3) is 0.333. The lowest BCUT2D eigenvalue weighted by Gasteiger charge is -2.34. The van der Waals surface area contributed by atoms with Gasteiger partial charge in [-0.15, -0.1) is 0 Å². The quantitative estimate of drug-likeness (QED) is 0.330. The molecule has 0 saturated heterocycles. The fourth-order valence-corrected chi connectivity index (χ4v) is 5.72. The zero-order valence-electron chi connectivity index (χ0n) is 23.0. The second-order valence-electron chi connectivity index (χ2n) is 10.0. The Morgan fingerprint density at radius 2 is 1.46 bits per heavy atom. The van der Waals surface area contributed by atoms with E-state index in [1.807, 2.05) is 100 Å². The van der Waals surface area contributed by atoms with Gasteiger partial charge in [-0.1, -0.05) is 76.6 Å². The Kier molecular flexibility index (Phi) is 10.3. The van der Waals surface area contributed by atoms with Crippen LogP contribution in [0.3, 0.4) is 0 Å². The Morgan fingerprint density at radius 1 is 0.872 bits per heavy atom. The molecule has 0 radical (unpaired) electrons. The molecule has 0 aromatic heterocycles. The molecule has 9 heteroatoms. The number of carbonyl (C=O) groups is 2. The number of hydrogen-bond donors (Lipinski definition) is 1. The van der Waals surface area contributed by atoms with Gasteiger partial charge in [-0.2, -0.15) is 0 Å². The molecule has 0 aliphatic rings. The first-order chi connectivity index (χ1) is 18.4. The lowest BCUT2D eigenvalue weighted by Crippen LogP contribution is -2.54. The highest BCUT2D eigenvalue weighted by molar-refractivity contribution is 9.10. The van der Waals surface area contributed by atoms with Gasteiger partial charge in [-0.25, -0.2) is 8.42 Å². The van der Waals surface area contributed by atoms with Crippen molar-refractivity contribution in [1.82, 2.24) is 10.2 Å². The van der Waals surface area contributed by atoms with E-state index in [-0.39, 0.29) is 24.9 Å². The summed E-state index contributed by atoms with van der Waals surface area (Å²) >= 11 is 3.44. The fourth-order valence-electron chi connectivity index (χ4n) is 4.50. The lowest BCUT2D eigenvalue weighted by molar-refractivity contribution is -0.140. The molecule has 0 unspecified atom stereocenters. The molecule has 3 rings (SSSR count). The van der Waals surface area contributed by atoms with Crippen LogP contribution in [0, 0.1) is 13.8 Å². The van der Waals surface area contributed by atoms with Crippen LogP contribution in [0.4, 0.5) is 5.69 Å². The van der Waals surface area contributed by atoms with Crippen LogP contribution in [0.1, 0.15) is 36.1 Å². The zero-order chi connectivity index (χ0) is 28.7. The molecule has 2 amide bonds. The van der Waals surface area contributed by atoms with Crippen molar-refractivity contribution in [2.75, 3.05) is 17.1 Å². The van der Waals surface area contributed by atoms with Crippen molar-refractivity contribution in [2.24, 2.45) is 0 Å². The summed E-state index contributed by atoms with van der Waals surface area (Å²) in [6.45, 7) is 7.08. The summed E-state index contributed by atoms with van der Waals surface area (Å²) in [5.74, 6) is -0.761. The van der Waals surface area contributed by atoms with E-state index >= 15 is 0 Å². The predicted octanol–water partition coefficient (Wildman–Crippen LogP) is 5.00. The third-order valence-corrected chi connectivity index (χ3v) is 7.98. The Bertz CT molecular complexity index is 1370. The SMILES string of the molecule is Cc1cccc(C)c1N(CC(=O)N(Cc1ccc(Br)cc1)[C@H](Cc1ccccc1)C(=O)NC(C)C)S(C)(=O)=O. The van der Waals surface area contributed by atoms with Gasteiger partial charge in [0.2, 0.25) is 21.8 Å². The third kappa shape index (κ3) is 8.41. The molecule has 0 aliphatic heterocycles. The molecular formula is C30H36BrN3O4S. The van der Waals surface area contributed by atoms with E-state index in [9.17, 15) is 18.0 Å². The van der Waals surface area contributed by atoms with Crippen LogP contribution in [-0.2, 0) is 32.6 Å². The van der Waals surface area contributed by atoms with Crippen LogP contribution in [0.25, 0.3) is 0 Å². The second-order valence-corrected chi connectivity index (χ2v) is 12.8. The van der Waals surface area contributed by atoms with Crippen LogP contribution in [0.15, 0.2) is 77.3 Å². The van der Waals surface area contributed by atoms with E-state index in [2.05, 4.69) is 21.2 Å². The summed E-state index contributed by atoms with van der Waals surface area (Å²) in [6.07, 6.45) is 1.38. The average Bonchev–Trinajstić information content (AvgIpc) is 2.86. The van der Waals surface area contributed by atoms with Gasteiger partial charge in [0, 0.05) is 23.5 Å². The first-order valence-electron chi connectivity index (χ1n) is 12.8. The maximum Gasteiger partial charge on any atom is 0.244 e. The van der Waals surface area contributed by atoms with Crippen molar-refractivity contribution in [2.45, 2.75) is 52.7 Å². The van der Waals surface area contributed by atoms with Gasteiger partial charge >= 0.3 is 0 Å². The minimum Gasteiger partial charge on any atom is -0.352 e. The minimum atomic E-state index is -3.81. The summed E-state index contributed by atoms with van der Waals surface area (Å²) in [6, 6.07) is 21.5. The summed E-state index contributed by atoms with van der Waals surface area (Å²) < 4.78 is 28.0. The Balaban J connectivity index is 2.08. The first kappa shape index (κ1) is 30.4. The van der Waals surface area contributed by atoms with Crippen molar-refractivity contribution < 1.29 is 18.0 Å². The zero-order valence-corrected chi connectivity index (χ0v) is 25.4. The molecule has 3 aromatic rings. The molecule has 39 heavy (non-hydrogen) atoms. The van der Waals surface area contributed by atoms with E-state index in [1.165, 1.54) is 4.90 Å². The Labute approximate surface area is 240 Å². The molecule has 208 valence electrons. The van der Waals surface area contributed by atoms with E-state index in [1.54, 1.807) is 0 Å². The molecule has 7 nitrogen and oxygen atoms in total. The number of para-hydroxylation sites is 1. The van der Waals surface area contributed by atoms with Crippen molar-refractivity contribution in [3.8, 4) is 0 Å². The summed E-state index contributed by atoms with van der Waals surface area (Å²) in [5.41, 5.74) is 3.67. The second kappa shape index (κ2) is 13.3. The van der Waals surface area contributed by atoms with Crippen molar-refractivity contribution in [3.05, 3.63) is 99.5 Å². The standard InChI is InChI=1S/C30H36BrN3O4S/c1-21(2)32-30(36)27(18-24-12-7-6-8-13-24)33(19-25-14-16-26(31)17-15-25)28(35)20-34(39(5,37)38)29-22(3)10-9-11-23(29)4/h6-17,21,27H,18-20H2,1-5H3,(H,32,36)/t27-/m1/s1. The highest BCUT2D eigenvalue weighted by Crippen LogP contribution is 2.27. The van der Waals surface area contributed by atoms with Gasteiger partial charge in [-0.05, 0) is 62.1 Å². The number of aryl methyl sites for hydroxylation is 2. The van der Waals surface area contributed by atoms with Gasteiger partial charge in [0.05, 0.1) is 11.9 Å². The largest absolute Gasteiger partial charge is 0.352 e. The highest BCUT2D eigenvalue weighted by Gasteiger charge is 2.33. The molecule has 1 atom stereocenters. The van der Waals surface area contributed by atoms with Crippen LogP contribution < -0.4 is 9.62 Å². The minimum absolute atomic E-state index is 0.137. The normalized spacial score (nSPS) is 12.2. The van der Waals surface area contributed by atoms with Crippen LogP contribution in [-0.4, -0.2) is 50.0 Å². The van der Waals surface area contributed by atoms with Gasteiger partial charge in [0.15, 0.2) is 0 Å². The number of nitrogens with one attached hydrogen (secondary N) is 1. The first-order valence-corrected chi connectivity index (χ1v) is 15.4. The van der Waals surface area contributed by atoms with Gasteiger partial charge in [0.25, 0.3) is 0 Å². The van der Waals surface area contributed by atoms with Gasteiger partial charge < -0.3 is 10.2 Å². The van der Waals surface area contributed by atoms with E-state index < -0.39 is 28.5 Å². The van der Waals surface area contributed by atoms with Crippen LogP contribution in [0.2, 0.25) is 0 Å². The number of sulfonamides is 1. The molecule has 0 fully saturated rings. The number of halogens is 1. The number of anilines is 1. The van der Waals surface area contributed by atoms with Crippen molar-refractivity contribution >= 4 is 43.5 Å². The van der Waals surface area contributed by atoms with Crippen molar-refractivity contribution in [1.29, 1.82) is 0 Å². The van der Waals surface area contributed by atoms with Crippen LogP contribution >= 0.6 is 15.9 Å². The number of nitrogens with zero attached hydrogens (tertiary/aromatic N) is 2. The monoisotopic (exact) mass is 613 g/mol. The topological polar surface area (TPSA) is 86.8 Å². The predicted molar refractivity (Wildman–Crippen MR) is 160 cm³/mol. The maximum absolute atomic E-state index is 14.1. The number of carbonyl (C=O) groups excluding carboxylic acids is 2. The van der Waals surface area contributed by atoms with E-state index in [0.29, 0.717) is 5.69 Å². The molecule has 3 aromatic carbocycles. The summed E-state index contributed by atoms with van der Waals surface area (Å²) in [7, 11) is -3.81. The Hall–Kier alpha value is -3.17. The summed E-state index contributed by atoms with van der Waals surface area (Å²) in [5, 5.41) is 2.95. The number of hydrogen-bond acceptors (Lipinski definition) is 4. The third-order valence-electron chi connectivity index (χ3n) is 6.34.